The zero-order chi connectivity index (χ0) is 14.3. The van der Waals surface area contributed by atoms with E-state index in [9.17, 15) is 4.39 Å². The van der Waals surface area contributed by atoms with Gasteiger partial charge in [-0.15, -0.1) is 0 Å². The van der Waals surface area contributed by atoms with Crippen LogP contribution in [-0.2, 0) is 4.74 Å². The number of nitrogens with one attached hydrogen (secondary N) is 4. The molecule has 6 N–H and O–H groups in total. The van der Waals surface area contributed by atoms with Gasteiger partial charge in [0, 0.05) is 11.8 Å². The van der Waals surface area contributed by atoms with Crippen molar-refractivity contribution < 1.29 is 9.13 Å². The van der Waals surface area contributed by atoms with Gasteiger partial charge in [0.25, 0.3) is 0 Å². The van der Waals surface area contributed by atoms with Crippen molar-refractivity contribution in [1.29, 1.82) is 16.2 Å². The molecule has 6 nitrogen and oxygen atoms in total. The van der Waals surface area contributed by atoms with E-state index in [2.05, 4.69) is 5.32 Å². The number of rotatable bonds is 6. The van der Waals surface area contributed by atoms with Crippen LogP contribution in [-0.4, -0.2) is 30.2 Å². The maximum absolute atomic E-state index is 12.4. The summed E-state index contributed by atoms with van der Waals surface area (Å²) in [7, 11) is 1.31. The van der Waals surface area contributed by atoms with Crippen LogP contribution in [0.2, 0.25) is 0 Å². The number of allylic oxidation sites excluding steroid dienone is 2. The van der Waals surface area contributed by atoms with Crippen molar-refractivity contribution in [3.05, 3.63) is 23.5 Å². The van der Waals surface area contributed by atoms with Crippen LogP contribution in [0.3, 0.4) is 0 Å². The Morgan fingerprint density at radius 3 is 2.39 bits per heavy atom. The average molecular weight is 276 g/mol. The molecule has 0 heterocycles. The Labute approximate surface area is 109 Å². The molecule has 100 valence electrons. The Hall–Kier alpha value is -1.89. The summed E-state index contributed by atoms with van der Waals surface area (Å²) in [5, 5.41) is 23.7. The lowest BCUT2D eigenvalue weighted by atomic mass is 10.1. The Kier molecular flexibility index (Phi) is 6.66. The van der Waals surface area contributed by atoms with Crippen LogP contribution < -0.4 is 11.1 Å². The fourth-order valence-corrected chi connectivity index (χ4v) is 1.13. The molecule has 0 rings (SSSR count). The molecular formula is C10H15ClFN5O. The van der Waals surface area contributed by atoms with Crippen LogP contribution >= 0.6 is 11.6 Å². The first-order chi connectivity index (χ1) is 8.29. The average Bonchev–Trinajstić information content (AvgIpc) is 2.31. The van der Waals surface area contributed by atoms with Gasteiger partial charge in [-0.2, -0.15) is 4.39 Å². The quantitative estimate of drug-likeness (QED) is 0.373. The molecule has 8 heteroatoms. The lowest BCUT2D eigenvalue weighted by Gasteiger charge is -2.16. The molecule has 0 aromatic rings. The number of ether oxygens (including phenoxy) is 1. The molecular weight excluding hydrogens is 261 g/mol. The summed E-state index contributed by atoms with van der Waals surface area (Å²) in [5.74, 6) is -1.44. The fourth-order valence-electron chi connectivity index (χ4n) is 1.01. The van der Waals surface area contributed by atoms with Crippen molar-refractivity contribution in [3.63, 3.8) is 0 Å². The van der Waals surface area contributed by atoms with Gasteiger partial charge >= 0.3 is 0 Å². The van der Waals surface area contributed by atoms with E-state index in [1.165, 1.54) is 13.2 Å². The first-order valence-electron chi connectivity index (χ1n) is 4.84. The molecule has 0 aliphatic carbocycles. The first-order valence-corrected chi connectivity index (χ1v) is 5.22. The van der Waals surface area contributed by atoms with Crippen LogP contribution in [0, 0.1) is 16.2 Å². The molecule has 0 fully saturated rings. The Balaban J connectivity index is 4.95. The fraction of sp³-hybridized carbons (Fsp3) is 0.300. The topological polar surface area (TPSA) is 119 Å². The van der Waals surface area contributed by atoms with Crippen LogP contribution in [0.1, 0.15) is 6.92 Å². The predicted molar refractivity (Wildman–Crippen MR) is 70.1 cm³/mol. The molecule has 0 spiro atoms. The van der Waals surface area contributed by atoms with Gasteiger partial charge in [-0.1, -0.05) is 11.6 Å². The summed E-state index contributed by atoms with van der Waals surface area (Å²) in [5.41, 5.74) is 5.13. The van der Waals surface area contributed by atoms with E-state index in [-0.39, 0.29) is 16.8 Å². The normalized spacial score (nSPS) is 13.8. The lowest BCUT2D eigenvalue weighted by molar-refractivity contribution is 0.396. The second kappa shape index (κ2) is 7.44. The maximum atomic E-state index is 12.4. The summed E-state index contributed by atoms with van der Waals surface area (Å²) in [4.78, 5) is 0. The van der Waals surface area contributed by atoms with Gasteiger partial charge in [-0.3, -0.25) is 16.2 Å². The largest absolute Gasteiger partial charge is 0.481 e. The second-order valence-electron chi connectivity index (χ2n) is 3.28. The van der Waals surface area contributed by atoms with E-state index in [1.54, 1.807) is 6.92 Å². The molecule has 0 saturated heterocycles. The van der Waals surface area contributed by atoms with E-state index in [4.69, 9.17) is 38.3 Å². The van der Waals surface area contributed by atoms with Gasteiger partial charge in [0.15, 0.2) is 0 Å². The van der Waals surface area contributed by atoms with Crippen molar-refractivity contribution in [2.24, 2.45) is 5.73 Å². The van der Waals surface area contributed by atoms with Crippen LogP contribution in [0.5, 0.6) is 0 Å². The molecule has 0 radical (unpaired) electrons. The minimum absolute atomic E-state index is 0.178. The number of nitrogens with two attached hydrogens (primary N) is 1. The molecule has 0 saturated carbocycles. The number of hydrogen-bond acceptors (Lipinski definition) is 6. The van der Waals surface area contributed by atoms with Crippen molar-refractivity contribution >= 4 is 28.6 Å². The molecule has 0 aromatic heterocycles. The molecule has 0 aromatic carbocycles. The minimum Gasteiger partial charge on any atom is -0.481 e. The van der Waals surface area contributed by atoms with E-state index in [0.717, 1.165) is 6.20 Å². The van der Waals surface area contributed by atoms with Crippen molar-refractivity contribution in [1.82, 2.24) is 5.32 Å². The Morgan fingerprint density at radius 2 is 2.00 bits per heavy atom. The maximum Gasteiger partial charge on any atom is 0.230 e. The summed E-state index contributed by atoms with van der Waals surface area (Å²) in [6.45, 7) is 1.64. The van der Waals surface area contributed by atoms with Crippen molar-refractivity contribution in [2.45, 2.75) is 13.0 Å². The first kappa shape index (κ1) is 16.1. The third-order valence-electron chi connectivity index (χ3n) is 1.96. The van der Waals surface area contributed by atoms with Crippen molar-refractivity contribution in [2.75, 3.05) is 7.11 Å². The zero-order valence-electron chi connectivity index (χ0n) is 9.97. The van der Waals surface area contributed by atoms with E-state index < -0.39 is 12.0 Å². The van der Waals surface area contributed by atoms with Gasteiger partial charge < -0.3 is 15.8 Å². The summed E-state index contributed by atoms with van der Waals surface area (Å²) in [6, 6.07) is -0.491. The highest BCUT2D eigenvalue weighted by Crippen LogP contribution is 2.07. The van der Waals surface area contributed by atoms with Gasteiger partial charge in [-0.25, -0.2) is 0 Å². The number of methoxy groups -OCH3 is 1. The molecule has 0 amide bonds. The highest BCUT2D eigenvalue weighted by molar-refractivity contribution is 6.67. The van der Waals surface area contributed by atoms with E-state index in [0.29, 0.717) is 5.57 Å². The third-order valence-corrected chi connectivity index (χ3v) is 2.07. The van der Waals surface area contributed by atoms with Gasteiger partial charge in [0.05, 0.1) is 13.2 Å². The number of hydrogen-bond donors (Lipinski definition) is 5. The summed E-state index contributed by atoms with van der Waals surface area (Å²) >= 11 is 5.42. The predicted octanol–water partition coefficient (Wildman–Crippen LogP) is 1.48. The minimum atomic E-state index is -1.26. The highest BCUT2D eigenvalue weighted by Gasteiger charge is 2.14. The van der Waals surface area contributed by atoms with Gasteiger partial charge in [0.2, 0.25) is 11.9 Å². The monoisotopic (exact) mass is 275 g/mol. The molecule has 0 bridgehead atoms. The summed E-state index contributed by atoms with van der Waals surface area (Å²) in [6.07, 6.45) is 2.33. The molecule has 0 aliphatic rings. The summed E-state index contributed by atoms with van der Waals surface area (Å²) < 4.78 is 17.1. The van der Waals surface area contributed by atoms with E-state index in [1.807, 2.05) is 0 Å². The van der Waals surface area contributed by atoms with Gasteiger partial charge in [0.1, 0.15) is 10.9 Å². The van der Waals surface area contributed by atoms with Crippen LogP contribution in [0.25, 0.3) is 0 Å². The number of halogens is 2. The van der Waals surface area contributed by atoms with Crippen LogP contribution in [0.4, 0.5) is 4.39 Å². The standard InChI is InChI=1S/C10H15ClFN5O/c1-5(17-4-7(13)9(12)15)6(3-8(11)14)10(16)18-2/h3-5,14-17H,13H2,1-2H3/b6-3-,7-4+,14-8?,15-9?,16-10?/t5-/m0/s1. The zero-order valence-corrected chi connectivity index (χ0v) is 10.7. The molecule has 18 heavy (non-hydrogen) atoms. The van der Waals surface area contributed by atoms with E-state index >= 15 is 0 Å². The SMILES string of the molecule is COC(=N)/C(=C\C(=N)Cl)[C@H](C)N/C=C(/N)C(=N)F. The van der Waals surface area contributed by atoms with Crippen LogP contribution in [0.15, 0.2) is 23.5 Å². The smallest absolute Gasteiger partial charge is 0.230 e. The Morgan fingerprint density at radius 1 is 1.44 bits per heavy atom. The molecule has 1 atom stereocenters. The lowest BCUT2D eigenvalue weighted by Crippen LogP contribution is -2.29. The molecule has 0 aliphatic heterocycles. The van der Waals surface area contributed by atoms with Crippen molar-refractivity contribution in [3.8, 4) is 0 Å². The third kappa shape index (κ3) is 5.44. The highest BCUT2D eigenvalue weighted by atomic mass is 35.5. The second-order valence-corrected chi connectivity index (χ2v) is 3.69. The van der Waals surface area contributed by atoms with Gasteiger partial charge in [-0.05, 0) is 13.0 Å². The Bertz CT molecular complexity index is 418. The molecule has 0 unspecified atom stereocenters.